The molecule has 5 heteroatoms. The Morgan fingerprint density at radius 2 is 1.89 bits per heavy atom. The minimum Gasteiger partial charge on any atom is -0.390 e. The van der Waals surface area contributed by atoms with Crippen LogP contribution in [0.5, 0.6) is 0 Å². The zero-order valence-electron chi connectivity index (χ0n) is 10.9. The van der Waals surface area contributed by atoms with E-state index in [1.54, 1.807) is 0 Å². The number of likely N-dealkylation sites (tertiary alicyclic amines) is 1. The van der Waals surface area contributed by atoms with Crippen molar-refractivity contribution in [3.05, 3.63) is 11.4 Å². The summed E-state index contributed by atoms with van der Waals surface area (Å²) in [5.41, 5.74) is 1.99. The van der Waals surface area contributed by atoms with E-state index in [-0.39, 0.29) is 6.61 Å². The first kappa shape index (κ1) is 12.1. The molecule has 18 heavy (non-hydrogen) atoms. The SMILES string of the molecule is OCc1nnn(CCN2CCCC2)c1C1CCC1. The maximum Gasteiger partial charge on any atom is 0.112 e. The largest absolute Gasteiger partial charge is 0.390 e. The quantitative estimate of drug-likeness (QED) is 0.851. The molecule has 2 heterocycles. The van der Waals surface area contributed by atoms with Crippen LogP contribution in [0, 0.1) is 0 Å². The molecule has 2 fully saturated rings. The number of nitrogens with zero attached hydrogens (tertiary/aromatic N) is 4. The lowest BCUT2D eigenvalue weighted by atomic mass is 9.82. The third-order valence-electron chi connectivity index (χ3n) is 4.32. The highest BCUT2D eigenvalue weighted by molar-refractivity contribution is 5.17. The van der Waals surface area contributed by atoms with E-state index in [9.17, 15) is 5.11 Å². The second-order valence-corrected chi connectivity index (χ2v) is 5.48. The lowest BCUT2D eigenvalue weighted by Gasteiger charge is -2.27. The predicted molar refractivity (Wildman–Crippen MR) is 68.2 cm³/mol. The van der Waals surface area contributed by atoms with Gasteiger partial charge < -0.3 is 10.0 Å². The molecule has 1 saturated carbocycles. The Morgan fingerprint density at radius 3 is 2.50 bits per heavy atom. The van der Waals surface area contributed by atoms with E-state index in [1.807, 2.05) is 4.68 Å². The van der Waals surface area contributed by atoms with Crippen LogP contribution in [-0.4, -0.2) is 44.6 Å². The minimum atomic E-state index is 0.0234. The van der Waals surface area contributed by atoms with Crippen molar-refractivity contribution < 1.29 is 5.11 Å². The first-order valence-corrected chi connectivity index (χ1v) is 7.14. The van der Waals surface area contributed by atoms with Gasteiger partial charge in [0.1, 0.15) is 5.69 Å². The van der Waals surface area contributed by atoms with E-state index in [2.05, 4.69) is 15.2 Å². The summed E-state index contributed by atoms with van der Waals surface area (Å²) in [7, 11) is 0. The van der Waals surface area contributed by atoms with Crippen molar-refractivity contribution >= 4 is 0 Å². The fourth-order valence-corrected chi connectivity index (χ4v) is 3.00. The van der Waals surface area contributed by atoms with Gasteiger partial charge in [-0.05, 0) is 38.8 Å². The van der Waals surface area contributed by atoms with Gasteiger partial charge in [-0.15, -0.1) is 5.10 Å². The van der Waals surface area contributed by atoms with Gasteiger partial charge in [-0.25, -0.2) is 4.68 Å². The van der Waals surface area contributed by atoms with Gasteiger partial charge >= 0.3 is 0 Å². The third kappa shape index (κ3) is 2.29. The Hall–Kier alpha value is -0.940. The van der Waals surface area contributed by atoms with E-state index in [1.165, 1.54) is 50.9 Å². The van der Waals surface area contributed by atoms with Crippen LogP contribution in [0.4, 0.5) is 0 Å². The maximum absolute atomic E-state index is 9.35. The number of hydrogen-bond donors (Lipinski definition) is 1. The Morgan fingerprint density at radius 1 is 1.11 bits per heavy atom. The summed E-state index contributed by atoms with van der Waals surface area (Å²) in [5.74, 6) is 0.584. The highest BCUT2D eigenvalue weighted by Gasteiger charge is 2.27. The van der Waals surface area contributed by atoms with E-state index in [4.69, 9.17) is 0 Å². The van der Waals surface area contributed by atoms with Gasteiger partial charge in [-0.2, -0.15) is 0 Å². The van der Waals surface area contributed by atoms with Crippen LogP contribution < -0.4 is 0 Å². The Labute approximate surface area is 108 Å². The summed E-state index contributed by atoms with van der Waals surface area (Å²) >= 11 is 0. The summed E-state index contributed by atoms with van der Waals surface area (Å²) in [6.07, 6.45) is 6.41. The molecule has 0 aromatic carbocycles. The second-order valence-electron chi connectivity index (χ2n) is 5.48. The average molecular weight is 250 g/mol. The van der Waals surface area contributed by atoms with Crippen molar-refractivity contribution in [2.24, 2.45) is 0 Å². The molecule has 1 aliphatic heterocycles. The van der Waals surface area contributed by atoms with Crippen LogP contribution in [0.2, 0.25) is 0 Å². The Bertz CT molecular complexity index is 394. The van der Waals surface area contributed by atoms with Crippen molar-refractivity contribution in [2.75, 3.05) is 19.6 Å². The molecule has 100 valence electrons. The lowest BCUT2D eigenvalue weighted by Crippen LogP contribution is -2.26. The van der Waals surface area contributed by atoms with Crippen molar-refractivity contribution in [3.63, 3.8) is 0 Å². The number of hydrogen-bond acceptors (Lipinski definition) is 4. The van der Waals surface area contributed by atoms with Crippen LogP contribution in [-0.2, 0) is 13.2 Å². The topological polar surface area (TPSA) is 54.2 Å². The lowest BCUT2D eigenvalue weighted by molar-refractivity contribution is 0.270. The molecule has 0 amide bonds. The first-order chi connectivity index (χ1) is 8.88. The number of aliphatic hydroxyl groups excluding tert-OH is 1. The van der Waals surface area contributed by atoms with Crippen LogP contribution in [0.15, 0.2) is 0 Å². The molecule has 0 bridgehead atoms. The van der Waals surface area contributed by atoms with E-state index >= 15 is 0 Å². The first-order valence-electron chi connectivity index (χ1n) is 7.14. The van der Waals surface area contributed by atoms with E-state index in [0.29, 0.717) is 5.92 Å². The molecule has 2 aliphatic rings. The fourth-order valence-electron chi connectivity index (χ4n) is 3.00. The zero-order valence-corrected chi connectivity index (χ0v) is 10.9. The van der Waals surface area contributed by atoms with Gasteiger partial charge in [-0.1, -0.05) is 11.6 Å². The van der Waals surface area contributed by atoms with Crippen molar-refractivity contribution in [3.8, 4) is 0 Å². The molecular formula is C13H22N4O. The predicted octanol–water partition coefficient (Wildman–Crippen LogP) is 1.13. The Balaban J connectivity index is 1.68. The van der Waals surface area contributed by atoms with Gasteiger partial charge in [-0.3, -0.25) is 0 Å². The standard InChI is InChI=1S/C13H22N4O/c18-10-12-13(11-4-3-5-11)17(15-14-12)9-8-16-6-1-2-7-16/h11,18H,1-10H2. The van der Waals surface area contributed by atoms with Gasteiger partial charge in [0.2, 0.25) is 0 Å². The fraction of sp³-hybridized carbons (Fsp3) is 0.846. The van der Waals surface area contributed by atoms with Crippen LogP contribution in [0.25, 0.3) is 0 Å². The van der Waals surface area contributed by atoms with Gasteiger partial charge in [0.25, 0.3) is 0 Å². The summed E-state index contributed by atoms with van der Waals surface area (Å²) in [5, 5.41) is 17.7. The highest BCUT2D eigenvalue weighted by Crippen LogP contribution is 2.37. The summed E-state index contributed by atoms with van der Waals surface area (Å²) < 4.78 is 2.04. The maximum atomic E-state index is 9.35. The molecule has 3 rings (SSSR count). The molecule has 0 spiro atoms. The van der Waals surface area contributed by atoms with Gasteiger partial charge in [0.05, 0.1) is 18.8 Å². The van der Waals surface area contributed by atoms with Crippen molar-refractivity contribution in [2.45, 2.75) is 51.2 Å². The molecule has 1 aromatic heterocycles. The van der Waals surface area contributed by atoms with Crippen molar-refractivity contribution in [1.82, 2.24) is 19.9 Å². The number of aromatic nitrogens is 3. The third-order valence-corrected chi connectivity index (χ3v) is 4.32. The molecule has 1 aromatic rings. The smallest absolute Gasteiger partial charge is 0.112 e. The number of aliphatic hydroxyl groups is 1. The molecule has 0 radical (unpaired) electrons. The monoisotopic (exact) mass is 250 g/mol. The zero-order chi connectivity index (χ0) is 12.4. The molecule has 0 unspecified atom stereocenters. The van der Waals surface area contributed by atoms with E-state index < -0.39 is 0 Å². The molecule has 5 nitrogen and oxygen atoms in total. The van der Waals surface area contributed by atoms with Gasteiger partial charge in [0, 0.05) is 12.5 Å². The minimum absolute atomic E-state index is 0.0234. The van der Waals surface area contributed by atoms with E-state index in [0.717, 1.165) is 18.8 Å². The van der Waals surface area contributed by atoms with Crippen molar-refractivity contribution in [1.29, 1.82) is 0 Å². The van der Waals surface area contributed by atoms with Crippen LogP contribution in [0.3, 0.4) is 0 Å². The molecule has 1 N–H and O–H groups in total. The molecule has 1 aliphatic carbocycles. The summed E-state index contributed by atoms with van der Waals surface area (Å²) in [6, 6.07) is 0. The molecular weight excluding hydrogens is 228 g/mol. The summed E-state index contributed by atoms with van der Waals surface area (Å²) in [6.45, 7) is 4.45. The normalized spacial score (nSPS) is 21.4. The average Bonchev–Trinajstić information content (AvgIpc) is 2.93. The molecule has 1 saturated heterocycles. The molecule has 0 atom stereocenters. The number of rotatable bonds is 5. The summed E-state index contributed by atoms with van der Waals surface area (Å²) in [4.78, 5) is 2.49. The highest BCUT2D eigenvalue weighted by atomic mass is 16.3. The Kier molecular flexibility index (Phi) is 3.61. The second kappa shape index (κ2) is 5.36. The van der Waals surface area contributed by atoms with Crippen LogP contribution >= 0.6 is 0 Å². The van der Waals surface area contributed by atoms with Gasteiger partial charge in [0.15, 0.2) is 0 Å². The van der Waals surface area contributed by atoms with Crippen LogP contribution in [0.1, 0.15) is 49.4 Å².